The van der Waals surface area contributed by atoms with Crippen LogP contribution in [0.2, 0.25) is 0 Å². The number of ether oxygens (including phenoxy) is 1. The molecule has 11 rings (SSSR count). The van der Waals surface area contributed by atoms with Crippen LogP contribution in [0.4, 0.5) is 28.7 Å². The van der Waals surface area contributed by atoms with Gasteiger partial charge in [0.05, 0.1) is 45.6 Å². The third-order valence-corrected chi connectivity index (χ3v) is 17.2. The molecule has 1 aliphatic carbocycles. The topological polar surface area (TPSA) is 252 Å². The molecule has 1 aromatic carbocycles. The lowest BCUT2D eigenvalue weighted by Crippen LogP contribution is -2.57. The maximum absolute atomic E-state index is 14.0. The lowest BCUT2D eigenvalue weighted by Gasteiger charge is -2.46. The fraction of sp³-hybridized carbons (Fsp3) is 0.423. The van der Waals surface area contributed by atoms with Crippen molar-refractivity contribution in [2.75, 3.05) is 73.1 Å². The number of likely N-dealkylation sites (tertiary alicyclic amines) is 1. The standard InChI is InChI=1S/C52H57N10O11PS/c1-30-27-58(32-14-18-57(19-15-32)33-7-9-38-39(24-33)50(66)62(49(38)65)42-10-12-45(64)61(51(42)67)29-73-74(69,70)71)21-22-59(30)34-8-11-44(54-26-34)56-41-23-31(25-55-48(41)72-2)35-13-17-53-47(40(35)28-63)60-20-16-37-36-5-3-4-6-43(36)75-46(37)52(60)68/h7-9,11,13,17,23-26,30,32,42,63H,3-6,10,12,14-16,18-22,27-29H2,1-2H3,(H,54,56)(H2,69,70,71)/t30-,42?/m0/s1/i2D3. The minimum atomic E-state index is -5.02. The number of rotatable bonds is 13. The number of carbonyl (C=O) groups is 5. The summed E-state index contributed by atoms with van der Waals surface area (Å²) in [6.07, 6.45) is 11.1. The van der Waals surface area contributed by atoms with Gasteiger partial charge in [-0.3, -0.25) is 48.1 Å². The van der Waals surface area contributed by atoms with E-state index in [2.05, 4.69) is 41.4 Å². The number of imide groups is 2. The van der Waals surface area contributed by atoms with Crippen LogP contribution >= 0.6 is 19.2 Å². The number of aromatic nitrogens is 3. The van der Waals surface area contributed by atoms with E-state index in [1.807, 2.05) is 6.07 Å². The summed E-state index contributed by atoms with van der Waals surface area (Å²) < 4.78 is 44.6. The van der Waals surface area contributed by atoms with Crippen molar-refractivity contribution in [1.29, 1.82) is 0 Å². The molecule has 0 radical (unpaired) electrons. The normalized spacial score (nSPS) is 21.5. The molecular formula is C52H57N10O11PS. The number of thiophene rings is 1. The Morgan fingerprint density at radius 3 is 2.39 bits per heavy atom. The van der Waals surface area contributed by atoms with E-state index in [9.17, 15) is 33.6 Å². The monoisotopic (exact) mass is 1060 g/mol. The predicted octanol–water partition coefficient (Wildman–Crippen LogP) is 5.29. The number of phosphoric acid groups is 1. The maximum atomic E-state index is 14.0. The van der Waals surface area contributed by atoms with Crippen molar-refractivity contribution in [2.45, 2.75) is 89.4 Å². The summed E-state index contributed by atoms with van der Waals surface area (Å²) in [5.74, 6) is -2.59. The number of hydrogen-bond acceptors (Lipinski definition) is 17. The number of piperidine rings is 2. The Morgan fingerprint density at radius 2 is 1.63 bits per heavy atom. The summed E-state index contributed by atoms with van der Waals surface area (Å²) in [5.41, 5.74) is 6.16. The van der Waals surface area contributed by atoms with Gasteiger partial charge in [0.2, 0.25) is 11.8 Å². The molecule has 0 spiro atoms. The number of anilines is 5. The number of carbonyl (C=O) groups excluding carboxylic acids is 5. The molecule has 3 fully saturated rings. The van der Waals surface area contributed by atoms with Crippen molar-refractivity contribution in [2.24, 2.45) is 0 Å². The van der Waals surface area contributed by atoms with Gasteiger partial charge in [0.1, 0.15) is 30.1 Å². The third-order valence-electron chi connectivity index (χ3n) is 15.4. The van der Waals surface area contributed by atoms with Gasteiger partial charge in [-0.25, -0.2) is 19.5 Å². The van der Waals surface area contributed by atoms with E-state index in [1.54, 1.807) is 65.0 Å². The highest BCUT2D eigenvalue weighted by molar-refractivity contribution is 7.46. The zero-order valence-corrected chi connectivity index (χ0v) is 42.7. The fourth-order valence-corrected chi connectivity index (χ4v) is 13.3. The Labute approximate surface area is 440 Å². The Balaban J connectivity index is 0.721. The second-order valence-corrected chi connectivity index (χ2v) is 22.0. The van der Waals surface area contributed by atoms with Gasteiger partial charge in [0.25, 0.3) is 23.6 Å². The lowest BCUT2D eigenvalue weighted by molar-refractivity contribution is -0.155. The van der Waals surface area contributed by atoms with Gasteiger partial charge < -0.3 is 34.7 Å². The minimum Gasteiger partial charge on any atom is -0.480 e. The number of aliphatic hydroxyl groups excluding tert-OH is 1. The van der Waals surface area contributed by atoms with Gasteiger partial charge in [-0.05, 0) is 117 Å². The molecule has 0 bridgehead atoms. The number of nitrogens with one attached hydrogen (secondary N) is 1. The van der Waals surface area contributed by atoms with Crippen LogP contribution in [0.3, 0.4) is 0 Å². The number of piperazine rings is 1. The molecule has 23 heteroatoms. The summed E-state index contributed by atoms with van der Waals surface area (Å²) in [5, 5.41) is 14.0. The van der Waals surface area contributed by atoms with Gasteiger partial charge >= 0.3 is 7.82 Å². The molecule has 1 unspecified atom stereocenters. The van der Waals surface area contributed by atoms with Gasteiger partial charge in [0, 0.05) is 91.9 Å². The van der Waals surface area contributed by atoms with Crippen LogP contribution in [-0.2, 0) is 44.5 Å². The van der Waals surface area contributed by atoms with Crippen LogP contribution in [0, 0.1) is 0 Å². The Kier molecular flexibility index (Phi) is 12.8. The molecule has 392 valence electrons. The zero-order chi connectivity index (χ0) is 54.8. The third kappa shape index (κ3) is 9.57. The SMILES string of the molecule is [2H]C([2H])([2H])Oc1ncc(-c2ccnc(N3CCc4c(sc5c4CCCC5)C3=O)c2CO)cc1Nc1ccc(N2CCN(C3CCN(c4ccc5c(c4)C(=O)N(C4CCC(=O)N(COP(=O)(O)O)C4=O)C5=O)CC3)C[C@@H]2C)cn1. The lowest BCUT2D eigenvalue weighted by atomic mass is 9.92. The van der Waals surface area contributed by atoms with Crippen LogP contribution in [0.1, 0.15) is 102 Å². The van der Waals surface area contributed by atoms with Gasteiger partial charge in [-0.2, -0.15) is 0 Å². The predicted molar refractivity (Wildman–Crippen MR) is 277 cm³/mol. The first-order chi connectivity index (χ1) is 37.3. The highest BCUT2D eigenvalue weighted by Crippen LogP contribution is 2.42. The van der Waals surface area contributed by atoms with E-state index in [0.717, 1.165) is 84.9 Å². The first-order valence-corrected chi connectivity index (χ1v) is 27.5. The van der Waals surface area contributed by atoms with Crippen molar-refractivity contribution in [3.05, 3.63) is 98.6 Å². The number of amides is 5. The molecule has 5 amide bonds. The average molecular weight is 1060 g/mol. The number of pyridine rings is 3. The molecule has 2 atom stereocenters. The summed E-state index contributed by atoms with van der Waals surface area (Å²) >= 11 is 1.58. The number of hydrogen-bond donors (Lipinski definition) is 4. The second kappa shape index (κ2) is 20.5. The van der Waals surface area contributed by atoms with Crippen LogP contribution < -0.4 is 24.8 Å². The highest BCUT2D eigenvalue weighted by atomic mass is 32.1. The van der Waals surface area contributed by atoms with E-state index in [4.69, 9.17) is 23.6 Å². The van der Waals surface area contributed by atoms with E-state index < -0.39 is 57.9 Å². The maximum Gasteiger partial charge on any atom is 0.471 e. The van der Waals surface area contributed by atoms with E-state index in [0.29, 0.717) is 65.3 Å². The van der Waals surface area contributed by atoms with Crippen LogP contribution in [0.15, 0.2) is 61.1 Å². The quantitative estimate of drug-likeness (QED) is 0.0864. The largest absolute Gasteiger partial charge is 0.480 e. The first kappa shape index (κ1) is 46.8. The van der Waals surface area contributed by atoms with Crippen molar-refractivity contribution < 1.29 is 56.8 Å². The molecule has 4 N–H and O–H groups in total. The minimum absolute atomic E-state index is 0.125. The molecule has 9 heterocycles. The molecule has 4 aromatic heterocycles. The van der Waals surface area contributed by atoms with Crippen molar-refractivity contribution >= 4 is 77.4 Å². The molecule has 6 aliphatic rings. The molecular weight excluding hydrogens is 1000 g/mol. The summed E-state index contributed by atoms with van der Waals surface area (Å²) in [7, 11) is -7.83. The first-order valence-electron chi connectivity index (χ1n) is 26.6. The summed E-state index contributed by atoms with van der Waals surface area (Å²) in [4.78, 5) is 111. The number of aryl methyl sites for hydroxylation is 1. The summed E-state index contributed by atoms with van der Waals surface area (Å²) in [6.45, 7) is 4.90. The smallest absolute Gasteiger partial charge is 0.471 e. The van der Waals surface area contributed by atoms with Gasteiger partial charge in [-0.1, -0.05) is 0 Å². The van der Waals surface area contributed by atoms with Crippen LogP contribution in [-0.4, -0.2) is 145 Å². The number of methoxy groups -OCH3 is 1. The van der Waals surface area contributed by atoms with Crippen molar-refractivity contribution in [1.82, 2.24) is 29.7 Å². The number of fused-ring (bicyclic) bond motifs is 4. The fourth-order valence-electron chi connectivity index (χ4n) is 11.6. The van der Waals surface area contributed by atoms with Crippen molar-refractivity contribution in [3.8, 4) is 17.0 Å². The van der Waals surface area contributed by atoms with Crippen LogP contribution in [0.5, 0.6) is 5.88 Å². The number of aliphatic hydroxyl groups is 1. The number of nitrogens with zero attached hydrogens (tertiary/aromatic N) is 9. The Bertz CT molecular complexity index is 3280. The molecule has 5 aromatic rings. The molecule has 75 heavy (non-hydrogen) atoms. The summed E-state index contributed by atoms with van der Waals surface area (Å²) in [6, 6.07) is 11.3. The second-order valence-electron chi connectivity index (χ2n) is 19.7. The van der Waals surface area contributed by atoms with Gasteiger partial charge in [-0.15, -0.1) is 11.3 Å². The van der Waals surface area contributed by atoms with E-state index >= 15 is 0 Å². The molecule has 5 aliphatic heterocycles. The molecule has 3 saturated heterocycles. The Morgan fingerprint density at radius 1 is 0.827 bits per heavy atom. The highest BCUT2D eigenvalue weighted by Gasteiger charge is 2.48. The molecule has 21 nitrogen and oxygen atoms in total. The van der Waals surface area contributed by atoms with Gasteiger partial charge in [0.15, 0.2) is 0 Å². The number of phosphoric ester groups is 1. The number of benzene rings is 1. The van der Waals surface area contributed by atoms with Crippen molar-refractivity contribution in [3.63, 3.8) is 0 Å². The Hall–Kier alpha value is -6.65. The van der Waals surface area contributed by atoms with E-state index in [1.165, 1.54) is 16.6 Å². The average Bonchev–Trinajstić information content (AvgIpc) is 3.92. The van der Waals surface area contributed by atoms with Crippen LogP contribution in [0.25, 0.3) is 11.1 Å². The zero-order valence-electron chi connectivity index (χ0n) is 44.0. The molecule has 0 saturated carbocycles. The van der Waals surface area contributed by atoms with E-state index in [-0.39, 0.29) is 47.5 Å².